The largest absolute Gasteiger partial charge is 0.394 e. The molecule has 0 aromatic rings. The molecule has 2 nitrogen and oxygen atoms in total. The number of hydrogen-bond acceptors (Lipinski definition) is 2. The predicted octanol–water partition coefficient (Wildman–Crippen LogP) is 1.57. The lowest BCUT2D eigenvalue weighted by atomic mass is 9.89. The number of rotatable bonds is 2. The number of ether oxygens (including phenoxy) is 1. The molecule has 2 aliphatic rings. The highest BCUT2D eigenvalue weighted by molar-refractivity contribution is 4.81. The van der Waals surface area contributed by atoms with Crippen LogP contribution in [0.4, 0.5) is 0 Å². The molecule has 1 saturated carbocycles. The van der Waals surface area contributed by atoms with Gasteiger partial charge in [-0.05, 0) is 18.3 Å². The minimum absolute atomic E-state index is 0.149. The molecule has 70 valence electrons. The van der Waals surface area contributed by atoms with Crippen LogP contribution in [0.1, 0.15) is 32.1 Å². The second-order valence-corrected chi connectivity index (χ2v) is 4.18. The molecule has 2 rings (SSSR count). The molecule has 1 aliphatic heterocycles. The fourth-order valence-electron chi connectivity index (χ4n) is 2.62. The zero-order valence-electron chi connectivity index (χ0n) is 7.54. The van der Waals surface area contributed by atoms with Crippen LogP contribution in [0.2, 0.25) is 0 Å². The molecule has 0 aromatic heterocycles. The van der Waals surface area contributed by atoms with E-state index in [4.69, 9.17) is 9.84 Å². The van der Waals surface area contributed by atoms with Crippen LogP contribution >= 0.6 is 0 Å². The lowest BCUT2D eigenvalue weighted by Crippen LogP contribution is -2.13. The molecule has 1 heterocycles. The summed E-state index contributed by atoms with van der Waals surface area (Å²) < 4.78 is 5.48. The van der Waals surface area contributed by atoms with Gasteiger partial charge in [0.25, 0.3) is 0 Å². The van der Waals surface area contributed by atoms with Gasteiger partial charge in [0.2, 0.25) is 0 Å². The van der Waals surface area contributed by atoms with Gasteiger partial charge in [0, 0.05) is 0 Å². The van der Waals surface area contributed by atoms with Crippen molar-refractivity contribution in [2.24, 2.45) is 11.8 Å². The summed E-state index contributed by atoms with van der Waals surface area (Å²) in [4.78, 5) is 0. The fourth-order valence-corrected chi connectivity index (χ4v) is 2.62. The molecule has 0 bridgehead atoms. The van der Waals surface area contributed by atoms with Crippen molar-refractivity contribution < 1.29 is 9.84 Å². The first-order valence-corrected chi connectivity index (χ1v) is 5.12. The summed E-state index contributed by atoms with van der Waals surface area (Å²) in [5, 5.41) is 8.90. The third-order valence-electron chi connectivity index (χ3n) is 3.38. The molecular weight excluding hydrogens is 152 g/mol. The Hall–Kier alpha value is -0.0800. The fraction of sp³-hybridized carbons (Fsp3) is 1.00. The summed E-state index contributed by atoms with van der Waals surface area (Å²) >= 11 is 0. The van der Waals surface area contributed by atoms with Crippen molar-refractivity contribution in [1.82, 2.24) is 0 Å². The maximum absolute atomic E-state index is 8.90. The summed E-state index contributed by atoms with van der Waals surface area (Å²) in [5.74, 6) is 1.66. The summed E-state index contributed by atoms with van der Waals surface area (Å²) in [6, 6.07) is 0. The van der Waals surface area contributed by atoms with Crippen LogP contribution in [0.25, 0.3) is 0 Å². The zero-order chi connectivity index (χ0) is 8.39. The first-order chi connectivity index (χ1) is 5.90. The highest BCUT2D eigenvalue weighted by atomic mass is 16.5. The molecule has 2 atom stereocenters. The van der Waals surface area contributed by atoms with Gasteiger partial charge in [-0.2, -0.15) is 0 Å². The van der Waals surface area contributed by atoms with Gasteiger partial charge in [-0.3, -0.25) is 0 Å². The Bertz CT molecular complexity index is 141. The summed E-state index contributed by atoms with van der Waals surface area (Å²) in [7, 11) is 0. The predicted molar refractivity (Wildman–Crippen MR) is 46.9 cm³/mol. The zero-order valence-corrected chi connectivity index (χ0v) is 7.54. The Balaban J connectivity index is 1.81. The molecule has 2 fully saturated rings. The van der Waals surface area contributed by atoms with Gasteiger partial charge in [0.15, 0.2) is 0 Å². The lowest BCUT2D eigenvalue weighted by molar-refractivity contribution is 0.0559. The average Bonchev–Trinajstić information content (AvgIpc) is 2.75. The third kappa shape index (κ3) is 1.64. The lowest BCUT2D eigenvalue weighted by Gasteiger charge is -2.15. The summed E-state index contributed by atoms with van der Waals surface area (Å²) in [5.41, 5.74) is 0. The SMILES string of the molecule is OCC1CC(C2CCCC2)CO1. The number of aliphatic hydroxyl groups excluding tert-OH is 1. The van der Waals surface area contributed by atoms with E-state index in [2.05, 4.69) is 0 Å². The molecule has 2 unspecified atom stereocenters. The Labute approximate surface area is 73.9 Å². The van der Waals surface area contributed by atoms with Crippen LogP contribution in [0.15, 0.2) is 0 Å². The molecule has 2 heteroatoms. The average molecular weight is 170 g/mol. The minimum Gasteiger partial charge on any atom is -0.394 e. The monoisotopic (exact) mass is 170 g/mol. The molecule has 0 aromatic carbocycles. The van der Waals surface area contributed by atoms with E-state index in [1.165, 1.54) is 25.7 Å². The number of aliphatic hydroxyl groups is 1. The Kier molecular flexibility index (Phi) is 2.66. The van der Waals surface area contributed by atoms with E-state index in [0.717, 1.165) is 24.9 Å². The maximum atomic E-state index is 8.90. The molecule has 0 radical (unpaired) electrons. The highest BCUT2D eigenvalue weighted by Gasteiger charge is 2.32. The molecule has 0 spiro atoms. The topological polar surface area (TPSA) is 29.5 Å². The summed E-state index contributed by atoms with van der Waals surface area (Å²) in [6.07, 6.45) is 6.85. The van der Waals surface area contributed by atoms with E-state index < -0.39 is 0 Å². The van der Waals surface area contributed by atoms with Gasteiger partial charge in [-0.1, -0.05) is 25.7 Å². The van der Waals surface area contributed by atoms with Gasteiger partial charge in [0.05, 0.1) is 19.3 Å². The first kappa shape index (κ1) is 8.52. The van der Waals surface area contributed by atoms with Gasteiger partial charge in [-0.25, -0.2) is 0 Å². The maximum Gasteiger partial charge on any atom is 0.0809 e. The van der Waals surface area contributed by atoms with E-state index in [0.29, 0.717) is 0 Å². The second kappa shape index (κ2) is 3.75. The summed E-state index contributed by atoms with van der Waals surface area (Å²) in [6.45, 7) is 1.11. The van der Waals surface area contributed by atoms with Gasteiger partial charge < -0.3 is 9.84 Å². The van der Waals surface area contributed by atoms with Gasteiger partial charge in [-0.15, -0.1) is 0 Å². The van der Waals surface area contributed by atoms with Crippen LogP contribution < -0.4 is 0 Å². The minimum atomic E-state index is 0.149. The quantitative estimate of drug-likeness (QED) is 0.681. The molecule has 1 aliphatic carbocycles. The van der Waals surface area contributed by atoms with Crippen molar-refractivity contribution >= 4 is 0 Å². The Morgan fingerprint density at radius 2 is 1.92 bits per heavy atom. The molecule has 1 saturated heterocycles. The van der Waals surface area contributed by atoms with Crippen molar-refractivity contribution in [1.29, 1.82) is 0 Å². The second-order valence-electron chi connectivity index (χ2n) is 4.18. The van der Waals surface area contributed by atoms with E-state index >= 15 is 0 Å². The normalized spacial score (nSPS) is 37.8. The van der Waals surface area contributed by atoms with Crippen LogP contribution in [0.5, 0.6) is 0 Å². The Morgan fingerprint density at radius 1 is 1.17 bits per heavy atom. The number of hydrogen-bond donors (Lipinski definition) is 1. The Morgan fingerprint density at radius 3 is 2.50 bits per heavy atom. The standard InChI is InChI=1S/C10H18O2/c11-6-10-5-9(7-12-10)8-3-1-2-4-8/h8-11H,1-7H2. The molecule has 12 heavy (non-hydrogen) atoms. The van der Waals surface area contributed by atoms with Crippen LogP contribution in [0, 0.1) is 11.8 Å². The molecule has 0 amide bonds. The van der Waals surface area contributed by atoms with E-state index in [1.807, 2.05) is 0 Å². The van der Waals surface area contributed by atoms with Crippen LogP contribution in [-0.2, 0) is 4.74 Å². The molecular formula is C10H18O2. The van der Waals surface area contributed by atoms with Crippen LogP contribution in [0.3, 0.4) is 0 Å². The third-order valence-corrected chi connectivity index (χ3v) is 3.38. The van der Waals surface area contributed by atoms with Crippen molar-refractivity contribution in [3.63, 3.8) is 0 Å². The molecule has 1 N–H and O–H groups in total. The highest BCUT2D eigenvalue weighted by Crippen LogP contribution is 2.37. The first-order valence-electron chi connectivity index (χ1n) is 5.12. The van der Waals surface area contributed by atoms with E-state index in [-0.39, 0.29) is 12.7 Å². The van der Waals surface area contributed by atoms with Gasteiger partial charge >= 0.3 is 0 Å². The van der Waals surface area contributed by atoms with Gasteiger partial charge in [0.1, 0.15) is 0 Å². The van der Waals surface area contributed by atoms with Crippen molar-refractivity contribution in [2.45, 2.75) is 38.2 Å². The van der Waals surface area contributed by atoms with E-state index in [1.54, 1.807) is 0 Å². The van der Waals surface area contributed by atoms with Crippen LogP contribution in [-0.4, -0.2) is 24.4 Å². The van der Waals surface area contributed by atoms with Crippen molar-refractivity contribution in [2.75, 3.05) is 13.2 Å². The van der Waals surface area contributed by atoms with Crippen molar-refractivity contribution in [3.8, 4) is 0 Å². The van der Waals surface area contributed by atoms with E-state index in [9.17, 15) is 0 Å². The van der Waals surface area contributed by atoms with Crippen molar-refractivity contribution in [3.05, 3.63) is 0 Å². The smallest absolute Gasteiger partial charge is 0.0809 e.